The Labute approximate surface area is 114 Å². The van der Waals surface area contributed by atoms with Gasteiger partial charge in [0, 0.05) is 0 Å². The van der Waals surface area contributed by atoms with Crippen LogP contribution in [0.15, 0.2) is 30.3 Å². The van der Waals surface area contributed by atoms with E-state index < -0.39 is 12.9 Å². The van der Waals surface area contributed by atoms with Gasteiger partial charge in [0.2, 0.25) is 0 Å². The predicted octanol–water partition coefficient (Wildman–Crippen LogP) is 3.31. The zero-order valence-electron chi connectivity index (χ0n) is 11.3. The van der Waals surface area contributed by atoms with Gasteiger partial charge in [-0.1, -0.05) is 37.3 Å². The first kappa shape index (κ1) is 13.3. The first-order valence-electron chi connectivity index (χ1n) is 6.83. The van der Waals surface area contributed by atoms with Crippen LogP contribution in [0.5, 0.6) is 0 Å². The van der Waals surface area contributed by atoms with Gasteiger partial charge >= 0.3 is 7.60 Å². The Morgan fingerprint density at radius 3 is 2.74 bits per heavy atom. The van der Waals surface area contributed by atoms with Gasteiger partial charge in [-0.3, -0.25) is 9.88 Å². The van der Waals surface area contributed by atoms with E-state index in [2.05, 4.69) is 24.4 Å². The van der Waals surface area contributed by atoms with E-state index in [9.17, 15) is 4.57 Å². The topological polar surface area (TPSA) is 47.6 Å². The van der Waals surface area contributed by atoms with Crippen LogP contribution in [0.25, 0.3) is 0 Å². The smallest absolute Gasteiger partial charge is 0.308 e. The molecule has 1 saturated heterocycles. The van der Waals surface area contributed by atoms with Crippen molar-refractivity contribution in [2.24, 2.45) is 5.92 Å². The van der Waals surface area contributed by atoms with Crippen LogP contribution in [0.2, 0.25) is 0 Å². The summed E-state index contributed by atoms with van der Waals surface area (Å²) >= 11 is 0. The molecular formula is C14H20NO3P. The molecule has 1 N–H and O–H groups in total. The van der Waals surface area contributed by atoms with Crippen LogP contribution in [0, 0.1) is 5.92 Å². The van der Waals surface area contributed by atoms with Crippen molar-refractivity contribution in [2.75, 3.05) is 13.2 Å². The fraction of sp³-hybridized carbons (Fsp3) is 0.571. The standard InChI is InChI=1S/C14H20NO3P/c1-3-17-19(16)14(9-11(14)2)15-13(10-18-19)12-7-5-4-6-8-12/h4-8,11,13,15H,3,9-10H2,1-2H3/t11-,13-,14+,19?/m0/s1. The Bertz CT molecular complexity index is 507. The van der Waals surface area contributed by atoms with E-state index in [1.807, 2.05) is 25.1 Å². The Kier molecular flexibility index (Phi) is 3.30. The molecule has 1 aromatic rings. The summed E-state index contributed by atoms with van der Waals surface area (Å²) in [5, 5.41) is 3.06. The number of rotatable bonds is 3. The number of nitrogens with one attached hydrogen (secondary N) is 1. The minimum Gasteiger partial charge on any atom is -0.308 e. The van der Waals surface area contributed by atoms with Crippen molar-refractivity contribution in [3.05, 3.63) is 35.9 Å². The second-order valence-electron chi connectivity index (χ2n) is 5.35. The Morgan fingerprint density at radius 2 is 2.16 bits per heavy atom. The van der Waals surface area contributed by atoms with Crippen LogP contribution in [-0.4, -0.2) is 18.5 Å². The van der Waals surface area contributed by atoms with Crippen LogP contribution in [0.1, 0.15) is 31.9 Å². The number of benzene rings is 1. The summed E-state index contributed by atoms with van der Waals surface area (Å²) in [5.41, 5.74) is 1.17. The summed E-state index contributed by atoms with van der Waals surface area (Å²) < 4.78 is 24.0. The first-order valence-corrected chi connectivity index (χ1v) is 8.37. The summed E-state index contributed by atoms with van der Waals surface area (Å²) in [6, 6.07) is 10.2. The molecule has 4 atom stereocenters. The van der Waals surface area contributed by atoms with Crippen LogP contribution in [-0.2, 0) is 13.6 Å². The van der Waals surface area contributed by atoms with Gasteiger partial charge in [0.1, 0.15) is 5.28 Å². The summed E-state index contributed by atoms with van der Waals surface area (Å²) in [7, 11) is -3.03. The normalized spacial score (nSPS) is 41.4. The summed E-state index contributed by atoms with van der Waals surface area (Å²) in [6.07, 6.45) is 0.855. The van der Waals surface area contributed by atoms with Gasteiger partial charge in [0.05, 0.1) is 19.3 Å². The van der Waals surface area contributed by atoms with E-state index in [1.165, 1.54) is 5.56 Å². The van der Waals surface area contributed by atoms with Crippen molar-refractivity contribution in [3.63, 3.8) is 0 Å². The van der Waals surface area contributed by atoms with Crippen LogP contribution >= 0.6 is 7.60 Å². The SMILES string of the molecule is CCOP1(=O)OC[C@@H](c2ccccc2)N[C@]12C[C@@H]2C. The van der Waals surface area contributed by atoms with Crippen LogP contribution in [0.3, 0.4) is 0 Å². The summed E-state index contributed by atoms with van der Waals surface area (Å²) in [5.74, 6) is 0.330. The maximum absolute atomic E-state index is 12.8. The van der Waals surface area contributed by atoms with E-state index in [0.29, 0.717) is 19.1 Å². The van der Waals surface area contributed by atoms with Gasteiger partial charge in [0.25, 0.3) is 0 Å². The first-order chi connectivity index (χ1) is 9.11. The molecule has 0 bridgehead atoms. The molecule has 0 radical (unpaired) electrons. The molecule has 5 heteroatoms. The summed E-state index contributed by atoms with van der Waals surface area (Å²) in [6.45, 7) is 4.77. The molecule has 0 aromatic heterocycles. The molecule has 1 unspecified atom stereocenters. The van der Waals surface area contributed by atoms with E-state index in [0.717, 1.165) is 6.42 Å². The fourth-order valence-corrected chi connectivity index (χ4v) is 5.46. The van der Waals surface area contributed by atoms with Crippen molar-refractivity contribution in [1.82, 2.24) is 5.32 Å². The Morgan fingerprint density at radius 1 is 1.47 bits per heavy atom. The molecule has 1 heterocycles. The second-order valence-corrected chi connectivity index (χ2v) is 7.66. The van der Waals surface area contributed by atoms with Crippen molar-refractivity contribution < 1.29 is 13.6 Å². The lowest BCUT2D eigenvalue weighted by Crippen LogP contribution is -2.43. The molecular weight excluding hydrogens is 261 g/mol. The Balaban J connectivity index is 1.84. The van der Waals surface area contributed by atoms with Crippen LogP contribution < -0.4 is 5.32 Å². The van der Waals surface area contributed by atoms with Crippen molar-refractivity contribution in [2.45, 2.75) is 31.6 Å². The number of hydrogen-bond donors (Lipinski definition) is 1. The highest BCUT2D eigenvalue weighted by Crippen LogP contribution is 2.74. The highest BCUT2D eigenvalue weighted by atomic mass is 31.2. The number of hydrogen-bond acceptors (Lipinski definition) is 4. The van der Waals surface area contributed by atoms with Crippen molar-refractivity contribution in [3.8, 4) is 0 Å². The third-order valence-corrected chi connectivity index (χ3v) is 6.91. The third kappa shape index (κ3) is 2.07. The molecule has 104 valence electrons. The molecule has 2 aliphatic rings. The zero-order chi connectivity index (χ0) is 13.5. The largest absolute Gasteiger partial charge is 0.350 e. The summed E-state index contributed by atoms with van der Waals surface area (Å²) in [4.78, 5) is 0. The lowest BCUT2D eigenvalue weighted by Gasteiger charge is -2.37. The average Bonchev–Trinajstić information content (AvgIpc) is 3.07. The van der Waals surface area contributed by atoms with E-state index in [1.54, 1.807) is 0 Å². The molecule has 1 aromatic carbocycles. The quantitative estimate of drug-likeness (QED) is 0.863. The van der Waals surface area contributed by atoms with Gasteiger partial charge in [-0.2, -0.15) is 0 Å². The van der Waals surface area contributed by atoms with Gasteiger partial charge in [-0.15, -0.1) is 0 Å². The Hall–Kier alpha value is -0.670. The van der Waals surface area contributed by atoms with Gasteiger partial charge in [-0.05, 0) is 24.8 Å². The van der Waals surface area contributed by atoms with E-state index in [4.69, 9.17) is 9.05 Å². The monoisotopic (exact) mass is 281 g/mol. The molecule has 4 nitrogen and oxygen atoms in total. The second kappa shape index (κ2) is 4.71. The van der Waals surface area contributed by atoms with Crippen molar-refractivity contribution in [1.29, 1.82) is 0 Å². The zero-order valence-corrected chi connectivity index (χ0v) is 12.2. The molecule has 1 saturated carbocycles. The third-order valence-electron chi connectivity index (χ3n) is 4.10. The molecule has 1 spiro atoms. The fourth-order valence-electron chi connectivity index (χ4n) is 2.89. The van der Waals surface area contributed by atoms with Crippen molar-refractivity contribution >= 4 is 7.60 Å². The van der Waals surface area contributed by atoms with Gasteiger partial charge in [-0.25, -0.2) is 0 Å². The maximum Gasteiger partial charge on any atom is 0.350 e. The predicted molar refractivity (Wildman–Crippen MR) is 74.0 cm³/mol. The van der Waals surface area contributed by atoms with Crippen LogP contribution in [0.4, 0.5) is 0 Å². The molecule has 3 rings (SSSR count). The highest BCUT2D eigenvalue weighted by Gasteiger charge is 2.68. The lowest BCUT2D eigenvalue weighted by atomic mass is 10.1. The lowest BCUT2D eigenvalue weighted by molar-refractivity contribution is 0.143. The average molecular weight is 281 g/mol. The van der Waals surface area contributed by atoms with Gasteiger partial charge in [0.15, 0.2) is 0 Å². The van der Waals surface area contributed by atoms with E-state index >= 15 is 0 Å². The highest BCUT2D eigenvalue weighted by molar-refractivity contribution is 7.56. The minimum absolute atomic E-state index is 0.0914. The molecule has 2 fully saturated rings. The minimum atomic E-state index is -3.03. The molecule has 0 amide bonds. The van der Waals surface area contributed by atoms with E-state index in [-0.39, 0.29) is 6.04 Å². The molecule has 1 aliphatic heterocycles. The molecule has 19 heavy (non-hydrogen) atoms. The molecule has 1 aliphatic carbocycles. The maximum atomic E-state index is 12.8. The van der Waals surface area contributed by atoms with Gasteiger partial charge < -0.3 is 9.05 Å².